The Balaban J connectivity index is 2.33. The lowest BCUT2D eigenvalue weighted by molar-refractivity contribution is 0.0956. The number of para-hydroxylation sites is 2. The molecule has 0 aliphatic heterocycles. The van der Waals surface area contributed by atoms with E-state index in [-0.39, 0.29) is 5.91 Å². The highest BCUT2D eigenvalue weighted by Gasteiger charge is 2.23. The number of oxazole rings is 1. The number of aromatic nitrogens is 1. The van der Waals surface area contributed by atoms with Gasteiger partial charge in [-0.05, 0) is 18.6 Å². The van der Waals surface area contributed by atoms with E-state index >= 15 is 0 Å². The van der Waals surface area contributed by atoms with E-state index in [1.54, 1.807) is 30.3 Å². The Labute approximate surface area is 84.4 Å². The van der Waals surface area contributed by atoms with Crippen molar-refractivity contribution in [2.75, 3.05) is 0 Å². The van der Waals surface area contributed by atoms with E-state index in [0.29, 0.717) is 23.1 Å². The molecule has 0 bridgehead atoms. The van der Waals surface area contributed by atoms with E-state index in [2.05, 4.69) is 0 Å². The summed E-state index contributed by atoms with van der Waals surface area (Å²) in [5, 5.41) is 0. The fraction of sp³-hybridized carbons (Fsp3) is 0.0909. The predicted molar refractivity (Wildman–Crippen MR) is 53.8 cm³/mol. The van der Waals surface area contributed by atoms with E-state index in [0.717, 1.165) is 4.57 Å². The molecule has 0 saturated heterocycles. The number of hydrogen-bond acceptors (Lipinski definition) is 3. The number of carbonyl (C=O) groups excluding carboxylic acids is 1. The molecule has 0 saturated carbocycles. The molecular formula is C11H7NO3. The Morgan fingerprint density at radius 3 is 2.80 bits per heavy atom. The van der Waals surface area contributed by atoms with Crippen molar-refractivity contribution in [3.05, 3.63) is 46.5 Å². The van der Waals surface area contributed by atoms with Crippen LogP contribution in [0.15, 0.2) is 45.1 Å². The van der Waals surface area contributed by atoms with Crippen LogP contribution < -0.4 is 5.76 Å². The van der Waals surface area contributed by atoms with Crippen LogP contribution in [0.5, 0.6) is 0 Å². The van der Waals surface area contributed by atoms with Gasteiger partial charge in [-0.25, -0.2) is 9.36 Å². The number of nitrogens with zero attached hydrogens (tertiary/aromatic N) is 1. The number of allylic oxidation sites excluding steroid dienone is 2. The number of benzene rings is 1. The quantitative estimate of drug-likeness (QED) is 0.703. The molecule has 15 heavy (non-hydrogen) atoms. The SMILES string of the molecule is O=C(C1=CC1)n1c(=O)oc2ccccc21. The van der Waals surface area contributed by atoms with Gasteiger partial charge in [-0.2, -0.15) is 0 Å². The Morgan fingerprint density at radius 1 is 1.33 bits per heavy atom. The summed E-state index contributed by atoms with van der Waals surface area (Å²) in [5.41, 5.74) is 1.64. The number of hydrogen-bond donors (Lipinski definition) is 0. The number of rotatable bonds is 1. The van der Waals surface area contributed by atoms with Crippen LogP contribution in [0.3, 0.4) is 0 Å². The van der Waals surface area contributed by atoms with Crippen molar-refractivity contribution in [3.8, 4) is 0 Å². The molecule has 0 radical (unpaired) electrons. The monoisotopic (exact) mass is 201 g/mol. The first kappa shape index (κ1) is 8.23. The van der Waals surface area contributed by atoms with Crippen molar-refractivity contribution in [1.29, 1.82) is 0 Å². The minimum Gasteiger partial charge on any atom is -0.407 e. The van der Waals surface area contributed by atoms with Gasteiger partial charge in [0.25, 0.3) is 5.91 Å². The Bertz CT molecular complexity index is 645. The molecule has 4 nitrogen and oxygen atoms in total. The molecule has 1 heterocycles. The third-order valence-electron chi connectivity index (χ3n) is 2.37. The van der Waals surface area contributed by atoms with Crippen LogP contribution in [0.2, 0.25) is 0 Å². The Morgan fingerprint density at radius 2 is 2.07 bits per heavy atom. The Kier molecular flexibility index (Phi) is 1.48. The van der Waals surface area contributed by atoms with Gasteiger partial charge >= 0.3 is 5.76 Å². The first-order valence-corrected chi connectivity index (χ1v) is 4.62. The zero-order valence-corrected chi connectivity index (χ0v) is 7.77. The van der Waals surface area contributed by atoms with Crippen molar-refractivity contribution >= 4 is 17.0 Å². The second-order valence-corrected chi connectivity index (χ2v) is 3.41. The lowest BCUT2D eigenvalue weighted by Gasteiger charge is -1.95. The summed E-state index contributed by atoms with van der Waals surface area (Å²) in [6.45, 7) is 0. The molecule has 74 valence electrons. The highest BCUT2D eigenvalue weighted by Crippen LogP contribution is 2.22. The average molecular weight is 201 g/mol. The standard InChI is InChI=1S/C11H7NO3/c13-10(7-5-6-7)12-8-3-1-2-4-9(8)15-11(12)14/h1-5H,6H2. The van der Waals surface area contributed by atoms with E-state index < -0.39 is 5.76 Å². The van der Waals surface area contributed by atoms with Crippen molar-refractivity contribution in [3.63, 3.8) is 0 Å². The van der Waals surface area contributed by atoms with Gasteiger partial charge in [0.15, 0.2) is 5.58 Å². The zero-order chi connectivity index (χ0) is 10.4. The average Bonchev–Trinajstić information content (AvgIpc) is 3.00. The minimum absolute atomic E-state index is 0.273. The topological polar surface area (TPSA) is 52.2 Å². The van der Waals surface area contributed by atoms with E-state index in [1.165, 1.54) is 0 Å². The van der Waals surface area contributed by atoms with Crippen LogP contribution in [0.4, 0.5) is 0 Å². The molecule has 4 heteroatoms. The van der Waals surface area contributed by atoms with Crippen molar-refractivity contribution in [2.45, 2.75) is 6.42 Å². The van der Waals surface area contributed by atoms with Crippen LogP contribution in [0.1, 0.15) is 11.2 Å². The largest absolute Gasteiger partial charge is 0.427 e. The van der Waals surface area contributed by atoms with Gasteiger partial charge in [0.2, 0.25) is 0 Å². The summed E-state index contributed by atoms with van der Waals surface area (Å²) in [6.07, 6.45) is 2.46. The zero-order valence-electron chi connectivity index (χ0n) is 7.77. The van der Waals surface area contributed by atoms with Crippen LogP contribution in [-0.4, -0.2) is 10.5 Å². The van der Waals surface area contributed by atoms with Crippen molar-refractivity contribution < 1.29 is 9.21 Å². The molecule has 2 aromatic rings. The van der Waals surface area contributed by atoms with Gasteiger partial charge in [0.1, 0.15) is 0 Å². The molecule has 0 spiro atoms. The molecule has 3 rings (SSSR count). The maximum atomic E-state index is 11.7. The van der Waals surface area contributed by atoms with Gasteiger partial charge in [-0.15, -0.1) is 0 Å². The molecule has 0 N–H and O–H groups in total. The Hall–Kier alpha value is -2.10. The molecule has 0 atom stereocenters. The second-order valence-electron chi connectivity index (χ2n) is 3.41. The van der Waals surface area contributed by atoms with E-state index in [1.807, 2.05) is 0 Å². The number of fused-ring (bicyclic) bond motifs is 1. The lowest BCUT2D eigenvalue weighted by Crippen LogP contribution is -2.21. The molecule has 1 aromatic carbocycles. The van der Waals surface area contributed by atoms with Crippen LogP contribution in [-0.2, 0) is 0 Å². The summed E-state index contributed by atoms with van der Waals surface area (Å²) in [7, 11) is 0. The molecular weight excluding hydrogens is 194 g/mol. The fourth-order valence-corrected chi connectivity index (χ4v) is 1.53. The minimum atomic E-state index is -0.617. The van der Waals surface area contributed by atoms with Gasteiger partial charge in [-0.3, -0.25) is 4.79 Å². The maximum absolute atomic E-state index is 11.7. The van der Waals surface area contributed by atoms with E-state index in [4.69, 9.17) is 4.42 Å². The lowest BCUT2D eigenvalue weighted by atomic mass is 10.3. The van der Waals surface area contributed by atoms with Gasteiger partial charge in [0.05, 0.1) is 5.52 Å². The predicted octanol–water partition coefficient (Wildman–Crippen LogP) is 1.56. The molecule has 1 aliphatic rings. The summed E-state index contributed by atoms with van der Waals surface area (Å²) >= 11 is 0. The fourth-order valence-electron chi connectivity index (χ4n) is 1.53. The van der Waals surface area contributed by atoms with Gasteiger partial charge < -0.3 is 4.42 Å². The van der Waals surface area contributed by atoms with Crippen LogP contribution in [0, 0.1) is 0 Å². The molecule has 0 fully saturated rings. The molecule has 0 amide bonds. The summed E-state index contributed by atoms with van der Waals surface area (Å²) < 4.78 is 6.04. The van der Waals surface area contributed by atoms with Gasteiger partial charge in [-0.1, -0.05) is 18.2 Å². The first-order chi connectivity index (χ1) is 7.27. The molecule has 1 aliphatic carbocycles. The maximum Gasteiger partial charge on any atom is 0.427 e. The molecule has 0 unspecified atom stereocenters. The second kappa shape index (κ2) is 2.70. The number of carbonyl (C=O) groups is 1. The van der Waals surface area contributed by atoms with Crippen LogP contribution >= 0.6 is 0 Å². The highest BCUT2D eigenvalue weighted by molar-refractivity contribution is 6.03. The van der Waals surface area contributed by atoms with Gasteiger partial charge in [0, 0.05) is 5.57 Å². The van der Waals surface area contributed by atoms with Crippen molar-refractivity contribution in [1.82, 2.24) is 4.57 Å². The summed E-state index contributed by atoms with van der Waals surface area (Å²) in [6, 6.07) is 6.89. The van der Waals surface area contributed by atoms with E-state index in [9.17, 15) is 9.59 Å². The normalized spacial score (nSPS) is 14.0. The van der Waals surface area contributed by atoms with Crippen molar-refractivity contribution in [2.24, 2.45) is 0 Å². The summed E-state index contributed by atoms with van der Waals surface area (Å²) in [5.74, 6) is -0.890. The smallest absolute Gasteiger partial charge is 0.407 e. The van der Waals surface area contributed by atoms with Crippen LogP contribution in [0.25, 0.3) is 11.1 Å². The third kappa shape index (κ3) is 1.15. The first-order valence-electron chi connectivity index (χ1n) is 4.62. The summed E-state index contributed by atoms with van der Waals surface area (Å²) in [4.78, 5) is 23.2. The highest BCUT2D eigenvalue weighted by atomic mass is 16.4. The molecule has 1 aromatic heterocycles. The third-order valence-corrected chi connectivity index (χ3v) is 2.37.